The van der Waals surface area contributed by atoms with Crippen LogP contribution in [-0.2, 0) is 29.2 Å². The molecule has 22 heavy (non-hydrogen) atoms. The predicted molar refractivity (Wildman–Crippen MR) is 77.7 cm³/mol. The van der Waals surface area contributed by atoms with E-state index in [0.29, 0.717) is 46.2 Å². The van der Waals surface area contributed by atoms with Crippen LogP contribution in [0.15, 0.2) is 0 Å². The normalized spacial score (nSPS) is 19.1. The molecule has 0 aromatic heterocycles. The van der Waals surface area contributed by atoms with Crippen LogP contribution in [0.1, 0.15) is 13.3 Å². The van der Waals surface area contributed by atoms with Gasteiger partial charge in [0.2, 0.25) is 5.91 Å². The molecule has 0 radical (unpaired) electrons. The highest BCUT2D eigenvalue weighted by Gasteiger charge is 2.32. The van der Waals surface area contributed by atoms with Gasteiger partial charge in [0.25, 0.3) is 0 Å². The fourth-order valence-corrected chi connectivity index (χ4v) is 3.01. The Hall–Kier alpha value is -0.770. The topological polar surface area (TPSA) is 82.1 Å². The second-order valence-corrected chi connectivity index (χ2v) is 6.45. The summed E-state index contributed by atoms with van der Waals surface area (Å²) in [6, 6.07) is 0. The van der Waals surface area contributed by atoms with Crippen molar-refractivity contribution in [3.05, 3.63) is 0 Å². The van der Waals surface area contributed by atoms with Crippen LogP contribution in [0.4, 0.5) is 3.89 Å². The second-order valence-electron chi connectivity index (χ2n) is 5.04. The Morgan fingerprint density at radius 1 is 1.14 bits per heavy atom. The highest BCUT2D eigenvalue weighted by molar-refractivity contribution is 7.86. The van der Waals surface area contributed by atoms with Crippen molar-refractivity contribution in [2.24, 2.45) is 5.92 Å². The third-order valence-electron chi connectivity index (χ3n) is 3.18. The molecule has 1 amide bonds. The third-order valence-corrected chi connectivity index (χ3v) is 4.05. The molecule has 0 bridgehead atoms. The highest BCUT2D eigenvalue weighted by Crippen LogP contribution is 2.19. The fourth-order valence-electron chi connectivity index (χ4n) is 2.22. The lowest BCUT2D eigenvalue weighted by molar-refractivity contribution is -0.128. The first kappa shape index (κ1) is 19.3. The summed E-state index contributed by atoms with van der Waals surface area (Å²) in [4.78, 5) is 13.2. The zero-order valence-corrected chi connectivity index (χ0v) is 13.6. The largest absolute Gasteiger partial charge is 0.379 e. The molecule has 7 nitrogen and oxygen atoms in total. The van der Waals surface area contributed by atoms with Gasteiger partial charge in [0.15, 0.2) is 0 Å². The van der Waals surface area contributed by atoms with Gasteiger partial charge in [-0.1, -0.05) is 0 Å². The molecule has 1 aliphatic heterocycles. The fraction of sp³-hybridized carbons (Fsp3) is 0.923. The standard InChI is InChI=1S/C13H24FNO6S/c1-2-19-5-6-21-8-7-20-4-3-15-10-12(9-13(15)16)11-22(14,17)18/h12H,2-11H2,1H3. The molecular weight excluding hydrogens is 317 g/mol. The minimum absolute atomic E-state index is 0.0731. The van der Waals surface area contributed by atoms with Gasteiger partial charge in [-0.2, -0.15) is 8.42 Å². The van der Waals surface area contributed by atoms with E-state index in [9.17, 15) is 17.1 Å². The molecule has 1 fully saturated rings. The number of hydrogen-bond donors (Lipinski definition) is 0. The van der Waals surface area contributed by atoms with Gasteiger partial charge in [-0.25, -0.2) is 0 Å². The van der Waals surface area contributed by atoms with Crippen LogP contribution in [0.2, 0.25) is 0 Å². The van der Waals surface area contributed by atoms with Crippen molar-refractivity contribution < 1.29 is 31.3 Å². The van der Waals surface area contributed by atoms with Crippen LogP contribution in [0.3, 0.4) is 0 Å². The molecule has 0 aromatic rings. The van der Waals surface area contributed by atoms with E-state index in [4.69, 9.17) is 14.2 Å². The maximum atomic E-state index is 12.6. The van der Waals surface area contributed by atoms with Gasteiger partial charge in [-0.05, 0) is 6.92 Å². The Balaban J connectivity index is 2.04. The van der Waals surface area contributed by atoms with Crippen LogP contribution >= 0.6 is 0 Å². The van der Waals surface area contributed by atoms with Gasteiger partial charge in [0.05, 0.1) is 38.8 Å². The quantitative estimate of drug-likeness (QED) is 0.373. The zero-order valence-electron chi connectivity index (χ0n) is 12.8. The highest BCUT2D eigenvalue weighted by atomic mass is 32.3. The minimum Gasteiger partial charge on any atom is -0.379 e. The summed E-state index contributed by atoms with van der Waals surface area (Å²) >= 11 is 0. The number of nitrogens with zero attached hydrogens (tertiary/aromatic N) is 1. The Kier molecular flexibility index (Phi) is 8.84. The van der Waals surface area contributed by atoms with Crippen molar-refractivity contribution in [3.8, 4) is 0 Å². The van der Waals surface area contributed by atoms with Crippen molar-refractivity contribution in [3.63, 3.8) is 0 Å². The van der Waals surface area contributed by atoms with Crippen LogP contribution in [0, 0.1) is 5.92 Å². The number of carbonyl (C=O) groups excluding carboxylic acids is 1. The summed E-state index contributed by atoms with van der Waals surface area (Å²) < 4.78 is 49.5. The van der Waals surface area contributed by atoms with E-state index >= 15 is 0 Å². The smallest absolute Gasteiger partial charge is 0.302 e. The second kappa shape index (κ2) is 10.1. The summed E-state index contributed by atoms with van der Waals surface area (Å²) in [5.41, 5.74) is 0. The summed E-state index contributed by atoms with van der Waals surface area (Å²) in [5.74, 6) is -1.22. The average molecular weight is 341 g/mol. The van der Waals surface area contributed by atoms with Crippen LogP contribution < -0.4 is 0 Å². The number of ether oxygens (including phenoxy) is 3. The van der Waals surface area contributed by atoms with Gasteiger partial charge < -0.3 is 19.1 Å². The molecular formula is C13H24FNO6S. The van der Waals surface area contributed by atoms with E-state index in [1.165, 1.54) is 4.90 Å². The van der Waals surface area contributed by atoms with Gasteiger partial charge in [-0.3, -0.25) is 4.79 Å². The van der Waals surface area contributed by atoms with E-state index in [0.717, 1.165) is 0 Å². The number of amides is 1. The van der Waals surface area contributed by atoms with Crippen LogP contribution in [0.25, 0.3) is 0 Å². The molecule has 0 aliphatic carbocycles. The molecule has 0 aromatic carbocycles. The van der Waals surface area contributed by atoms with Crippen molar-refractivity contribution >= 4 is 16.1 Å². The summed E-state index contributed by atoms with van der Waals surface area (Å²) in [5, 5.41) is 0. The molecule has 1 heterocycles. The van der Waals surface area contributed by atoms with Gasteiger partial charge in [0.1, 0.15) is 0 Å². The van der Waals surface area contributed by atoms with E-state index in [-0.39, 0.29) is 18.9 Å². The van der Waals surface area contributed by atoms with Crippen molar-refractivity contribution in [1.82, 2.24) is 4.90 Å². The van der Waals surface area contributed by atoms with Crippen LogP contribution in [0.5, 0.6) is 0 Å². The lowest BCUT2D eigenvalue weighted by Gasteiger charge is -2.16. The van der Waals surface area contributed by atoms with Crippen LogP contribution in [-0.4, -0.2) is 77.7 Å². The maximum absolute atomic E-state index is 12.6. The Bertz CT molecular complexity index is 430. The maximum Gasteiger partial charge on any atom is 0.302 e. The zero-order chi connectivity index (χ0) is 16.4. The third kappa shape index (κ3) is 8.62. The summed E-state index contributed by atoms with van der Waals surface area (Å²) in [6.45, 7) is 5.48. The molecule has 130 valence electrons. The first-order valence-electron chi connectivity index (χ1n) is 7.35. The van der Waals surface area contributed by atoms with Gasteiger partial charge >= 0.3 is 10.2 Å². The number of likely N-dealkylation sites (tertiary alicyclic amines) is 1. The van der Waals surface area contributed by atoms with Crippen molar-refractivity contribution in [2.75, 3.05) is 58.5 Å². The number of halogens is 1. The summed E-state index contributed by atoms with van der Waals surface area (Å²) in [6.07, 6.45) is 0.0731. The molecule has 1 aliphatic rings. The molecule has 1 unspecified atom stereocenters. The Morgan fingerprint density at radius 3 is 2.32 bits per heavy atom. The van der Waals surface area contributed by atoms with E-state index in [2.05, 4.69) is 0 Å². The SMILES string of the molecule is CCOCCOCCOCCN1CC(CS(=O)(=O)F)CC1=O. The molecule has 9 heteroatoms. The van der Waals surface area contributed by atoms with E-state index in [1.807, 2.05) is 6.92 Å². The van der Waals surface area contributed by atoms with Crippen molar-refractivity contribution in [2.45, 2.75) is 13.3 Å². The average Bonchev–Trinajstić information content (AvgIpc) is 2.74. The molecule has 0 N–H and O–H groups in total. The molecule has 1 saturated heterocycles. The van der Waals surface area contributed by atoms with Gasteiger partial charge in [-0.15, -0.1) is 3.89 Å². The first-order valence-corrected chi connectivity index (χ1v) is 8.91. The van der Waals surface area contributed by atoms with Gasteiger partial charge in [0, 0.05) is 32.0 Å². The molecule has 0 saturated carbocycles. The monoisotopic (exact) mass is 341 g/mol. The molecule has 0 spiro atoms. The lowest BCUT2D eigenvalue weighted by atomic mass is 10.1. The van der Waals surface area contributed by atoms with E-state index in [1.54, 1.807) is 0 Å². The Morgan fingerprint density at radius 2 is 1.73 bits per heavy atom. The predicted octanol–water partition coefficient (Wildman–Crippen LogP) is 0.204. The first-order chi connectivity index (χ1) is 10.4. The lowest BCUT2D eigenvalue weighted by Crippen LogP contribution is -2.30. The molecule has 1 rings (SSSR count). The number of hydrogen-bond acceptors (Lipinski definition) is 6. The number of rotatable bonds is 12. The minimum atomic E-state index is -4.53. The van der Waals surface area contributed by atoms with Crippen molar-refractivity contribution in [1.29, 1.82) is 0 Å². The number of carbonyl (C=O) groups is 1. The van der Waals surface area contributed by atoms with E-state index < -0.39 is 21.9 Å². The Labute approximate surface area is 130 Å². The molecule has 1 atom stereocenters. The summed E-state index contributed by atoms with van der Waals surface area (Å²) in [7, 11) is -4.53.